The van der Waals surface area contributed by atoms with Crippen molar-refractivity contribution in [3.63, 3.8) is 0 Å². The van der Waals surface area contributed by atoms with E-state index >= 15 is 0 Å². The minimum absolute atomic E-state index is 0.0595. The van der Waals surface area contributed by atoms with E-state index in [1.165, 1.54) is 109 Å². The number of carbonyl (C=O) groups is 2. The molecule has 244 valence electrons. The van der Waals surface area contributed by atoms with Crippen molar-refractivity contribution < 1.29 is 24.2 Å². The average molecular weight is 583 g/mol. The zero-order chi connectivity index (χ0) is 30.4. The summed E-state index contributed by atoms with van der Waals surface area (Å²) >= 11 is 0. The summed E-state index contributed by atoms with van der Waals surface area (Å²) in [7, 11) is 0. The molecular weight excluding hydrogens is 512 g/mol. The highest BCUT2D eigenvalue weighted by molar-refractivity contribution is 5.70. The summed E-state index contributed by atoms with van der Waals surface area (Å²) in [5.41, 5.74) is 0. The standard InChI is InChI=1S/C36H70O5/c1-32(2)26-22-18-14-10-6-5-7-12-16-20-24-28-35(38)40-31-34(30-37)41-36(39)29-25-21-17-13-9-8-11-15-19-23-27-33(3)4/h32-34,37H,5-31H2,1-4H3/t34-/m0/s1. The lowest BCUT2D eigenvalue weighted by Gasteiger charge is -2.15. The van der Waals surface area contributed by atoms with E-state index in [0.717, 1.165) is 50.4 Å². The second kappa shape index (κ2) is 30.4. The number of unbranched alkanes of at least 4 members (excludes halogenated alkanes) is 19. The van der Waals surface area contributed by atoms with Crippen molar-refractivity contribution in [2.45, 2.75) is 194 Å². The maximum Gasteiger partial charge on any atom is 0.306 e. The Morgan fingerprint density at radius 3 is 1.15 bits per heavy atom. The molecule has 0 saturated carbocycles. The third-order valence-corrected chi connectivity index (χ3v) is 8.01. The van der Waals surface area contributed by atoms with Crippen molar-refractivity contribution in [2.24, 2.45) is 11.8 Å². The summed E-state index contributed by atoms with van der Waals surface area (Å²) in [6, 6.07) is 0. The van der Waals surface area contributed by atoms with E-state index in [2.05, 4.69) is 27.7 Å². The van der Waals surface area contributed by atoms with Gasteiger partial charge in [0.1, 0.15) is 6.61 Å². The van der Waals surface area contributed by atoms with E-state index in [4.69, 9.17) is 9.47 Å². The number of aliphatic hydroxyl groups excluding tert-OH is 1. The molecule has 0 saturated heterocycles. The van der Waals surface area contributed by atoms with Crippen LogP contribution in [-0.4, -0.2) is 36.4 Å². The summed E-state index contributed by atoms with van der Waals surface area (Å²) in [5, 5.41) is 9.51. The number of esters is 2. The van der Waals surface area contributed by atoms with Gasteiger partial charge in [0.25, 0.3) is 0 Å². The van der Waals surface area contributed by atoms with Crippen LogP contribution >= 0.6 is 0 Å². The number of ether oxygens (including phenoxy) is 2. The van der Waals surface area contributed by atoms with Crippen LogP contribution in [0.3, 0.4) is 0 Å². The molecule has 1 N–H and O–H groups in total. The summed E-state index contributed by atoms with van der Waals surface area (Å²) in [6.07, 6.45) is 28.7. The van der Waals surface area contributed by atoms with Gasteiger partial charge in [0, 0.05) is 12.8 Å². The molecular formula is C36H70O5. The van der Waals surface area contributed by atoms with Gasteiger partial charge in [0.05, 0.1) is 6.61 Å². The fraction of sp³-hybridized carbons (Fsp3) is 0.944. The number of hydrogen-bond acceptors (Lipinski definition) is 5. The molecule has 5 nitrogen and oxygen atoms in total. The summed E-state index contributed by atoms with van der Waals surface area (Å²) in [6.45, 7) is 8.81. The Bertz CT molecular complexity index is 574. The Hall–Kier alpha value is -1.10. The fourth-order valence-corrected chi connectivity index (χ4v) is 5.28. The topological polar surface area (TPSA) is 72.8 Å². The highest BCUT2D eigenvalue weighted by Crippen LogP contribution is 2.16. The van der Waals surface area contributed by atoms with Gasteiger partial charge in [-0.15, -0.1) is 0 Å². The van der Waals surface area contributed by atoms with Crippen LogP contribution in [0.25, 0.3) is 0 Å². The highest BCUT2D eigenvalue weighted by Gasteiger charge is 2.16. The Morgan fingerprint density at radius 1 is 0.488 bits per heavy atom. The van der Waals surface area contributed by atoms with Gasteiger partial charge in [-0.1, -0.05) is 163 Å². The number of rotatable bonds is 31. The van der Waals surface area contributed by atoms with Gasteiger partial charge >= 0.3 is 11.9 Å². The van der Waals surface area contributed by atoms with E-state index in [9.17, 15) is 14.7 Å². The second-order valence-corrected chi connectivity index (χ2v) is 13.3. The van der Waals surface area contributed by atoms with Crippen LogP contribution in [0.15, 0.2) is 0 Å². The number of aliphatic hydroxyl groups is 1. The number of hydrogen-bond donors (Lipinski definition) is 1. The lowest BCUT2D eigenvalue weighted by molar-refractivity contribution is -0.161. The smallest absolute Gasteiger partial charge is 0.306 e. The van der Waals surface area contributed by atoms with Crippen LogP contribution in [-0.2, 0) is 19.1 Å². The molecule has 0 radical (unpaired) electrons. The Balaban J connectivity index is 3.54. The zero-order valence-corrected chi connectivity index (χ0v) is 27.9. The first-order valence-corrected chi connectivity index (χ1v) is 17.8. The Kier molecular flexibility index (Phi) is 29.5. The van der Waals surface area contributed by atoms with E-state index in [1.807, 2.05) is 0 Å². The minimum Gasteiger partial charge on any atom is -0.462 e. The van der Waals surface area contributed by atoms with Gasteiger partial charge in [-0.2, -0.15) is 0 Å². The monoisotopic (exact) mass is 583 g/mol. The van der Waals surface area contributed by atoms with Crippen molar-refractivity contribution in [1.29, 1.82) is 0 Å². The maximum absolute atomic E-state index is 12.1. The van der Waals surface area contributed by atoms with Crippen LogP contribution in [0.4, 0.5) is 0 Å². The van der Waals surface area contributed by atoms with Crippen LogP contribution in [0.5, 0.6) is 0 Å². The third-order valence-electron chi connectivity index (χ3n) is 8.01. The maximum atomic E-state index is 12.1. The van der Waals surface area contributed by atoms with Crippen molar-refractivity contribution in [1.82, 2.24) is 0 Å². The fourth-order valence-electron chi connectivity index (χ4n) is 5.28. The largest absolute Gasteiger partial charge is 0.462 e. The van der Waals surface area contributed by atoms with E-state index in [-0.39, 0.29) is 25.2 Å². The summed E-state index contributed by atoms with van der Waals surface area (Å²) in [4.78, 5) is 24.1. The van der Waals surface area contributed by atoms with Crippen molar-refractivity contribution >= 4 is 11.9 Å². The Morgan fingerprint density at radius 2 is 0.805 bits per heavy atom. The molecule has 0 heterocycles. The van der Waals surface area contributed by atoms with Crippen molar-refractivity contribution in [2.75, 3.05) is 13.2 Å². The molecule has 0 bridgehead atoms. The molecule has 0 unspecified atom stereocenters. The molecule has 0 amide bonds. The first-order valence-electron chi connectivity index (χ1n) is 17.8. The van der Waals surface area contributed by atoms with Gasteiger partial charge in [0.2, 0.25) is 0 Å². The predicted octanol–water partition coefficient (Wildman–Crippen LogP) is 10.5. The molecule has 41 heavy (non-hydrogen) atoms. The lowest BCUT2D eigenvalue weighted by Crippen LogP contribution is -2.28. The third kappa shape index (κ3) is 31.7. The minimum atomic E-state index is -0.762. The molecule has 5 heteroatoms. The molecule has 0 fully saturated rings. The van der Waals surface area contributed by atoms with Crippen LogP contribution in [0.2, 0.25) is 0 Å². The Labute approximate surface area is 255 Å². The quantitative estimate of drug-likeness (QED) is 0.0650. The molecule has 1 atom stereocenters. The number of carbonyl (C=O) groups excluding carboxylic acids is 2. The first kappa shape index (κ1) is 39.9. The first-order chi connectivity index (χ1) is 19.8. The van der Waals surface area contributed by atoms with E-state index in [1.54, 1.807) is 0 Å². The predicted molar refractivity (Wildman–Crippen MR) is 173 cm³/mol. The van der Waals surface area contributed by atoms with Gasteiger partial charge in [-0.3, -0.25) is 9.59 Å². The van der Waals surface area contributed by atoms with Crippen LogP contribution in [0, 0.1) is 11.8 Å². The van der Waals surface area contributed by atoms with Gasteiger partial charge < -0.3 is 14.6 Å². The summed E-state index contributed by atoms with van der Waals surface area (Å²) in [5.74, 6) is 1.08. The zero-order valence-electron chi connectivity index (χ0n) is 27.9. The molecule has 0 aromatic heterocycles. The highest BCUT2D eigenvalue weighted by atomic mass is 16.6. The molecule has 0 spiro atoms. The van der Waals surface area contributed by atoms with Crippen LogP contribution in [0.1, 0.15) is 188 Å². The summed E-state index contributed by atoms with van der Waals surface area (Å²) < 4.78 is 10.6. The molecule has 0 aliphatic carbocycles. The molecule has 0 aromatic rings. The van der Waals surface area contributed by atoms with Gasteiger partial charge in [0.15, 0.2) is 6.10 Å². The van der Waals surface area contributed by atoms with E-state index in [0.29, 0.717) is 12.8 Å². The SMILES string of the molecule is CC(C)CCCCCCCCCCCCCC(=O)OC[C@H](CO)OC(=O)CCCCCCCCCCCCC(C)C. The lowest BCUT2D eigenvalue weighted by atomic mass is 10.0. The van der Waals surface area contributed by atoms with Crippen molar-refractivity contribution in [3.05, 3.63) is 0 Å². The molecule has 0 aliphatic heterocycles. The van der Waals surface area contributed by atoms with Crippen LogP contribution < -0.4 is 0 Å². The molecule has 0 aliphatic rings. The molecule has 0 aromatic carbocycles. The second-order valence-electron chi connectivity index (χ2n) is 13.3. The normalized spacial score (nSPS) is 12.3. The van der Waals surface area contributed by atoms with Crippen molar-refractivity contribution in [3.8, 4) is 0 Å². The molecule has 0 rings (SSSR count). The average Bonchev–Trinajstić information content (AvgIpc) is 2.93. The van der Waals surface area contributed by atoms with Gasteiger partial charge in [-0.25, -0.2) is 0 Å². The van der Waals surface area contributed by atoms with E-state index < -0.39 is 6.10 Å². The van der Waals surface area contributed by atoms with Gasteiger partial charge in [-0.05, 0) is 24.7 Å².